The molecule has 4 aromatic rings. The van der Waals surface area contributed by atoms with Gasteiger partial charge in [0.05, 0.1) is 11.1 Å². The largest absolute Gasteiger partial charge is 0.274 e. The summed E-state index contributed by atoms with van der Waals surface area (Å²) in [5.41, 5.74) is -0.402. The van der Waals surface area contributed by atoms with Gasteiger partial charge in [-0.1, -0.05) is 6.07 Å². The SMILES string of the molecule is N#Cc1cc2c(=O)n3ccccc3nc2n(-c2ccc(F)cc2)c1=O. The van der Waals surface area contributed by atoms with Gasteiger partial charge in [0.2, 0.25) is 0 Å². The van der Waals surface area contributed by atoms with Crippen molar-refractivity contribution in [1.82, 2.24) is 14.0 Å². The number of benzene rings is 1. The van der Waals surface area contributed by atoms with E-state index in [0.29, 0.717) is 11.3 Å². The van der Waals surface area contributed by atoms with Crippen molar-refractivity contribution in [3.63, 3.8) is 0 Å². The van der Waals surface area contributed by atoms with Gasteiger partial charge >= 0.3 is 0 Å². The maximum atomic E-state index is 13.2. The van der Waals surface area contributed by atoms with E-state index >= 15 is 0 Å². The van der Waals surface area contributed by atoms with E-state index in [0.717, 1.165) is 4.57 Å². The van der Waals surface area contributed by atoms with Crippen LogP contribution in [0, 0.1) is 17.1 Å². The Bertz CT molecular complexity index is 1300. The fourth-order valence-electron chi connectivity index (χ4n) is 2.72. The van der Waals surface area contributed by atoms with Crippen LogP contribution in [0.4, 0.5) is 4.39 Å². The van der Waals surface area contributed by atoms with Crippen LogP contribution < -0.4 is 11.1 Å². The number of pyridine rings is 2. The van der Waals surface area contributed by atoms with Crippen LogP contribution in [0.1, 0.15) is 5.56 Å². The molecule has 0 saturated carbocycles. The Kier molecular flexibility index (Phi) is 3.18. The van der Waals surface area contributed by atoms with Crippen LogP contribution >= 0.6 is 0 Å². The Morgan fingerprint density at radius 2 is 1.80 bits per heavy atom. The second kappa shape index (κ2) is 5.39. The molecule has 0 spiro atoms. The molecule has 7 heteroatoms. The maximum absolute atomic E-state index is 13.2. The summed E-state index contributed by atoms with van der Waals surface area (Å²) in [7, 11) is 0. The zero-order valence-corrected chi connectivity index (χ0v) is 12.7. The summed E-state index contributed by atoms with van der Waals surface area (Å²) >= 11 is 0. The normalized spacial score (nSPS) is 10.9. The lowest BCUT2D eigenvalue weighted by Gasteiger charge is -2.11. The molecule has 4 rings (SSSR count). The Labute approximate surface area is 139 Å². The van der Waals surface area contributed by atoms with E-state index < -0.39 is 16.9 Å². The number of fused-ring (bicyclic) bond motifs is 2. The monoisotopic (exact) mass is 332 g/mol. The number of nitrogens with zero attached hydrogens (tertiary/aromatic N) is 4. The molecule has 0 aliphatic heterocycles. The van der Waals surface area contributed by atoms with Crippen molar-refractivity contribution in [3.8, 4) is 11.8 Å². The maximum Gasteiger partial charge on any atom is 0.274 e. The molecule has 6 nitrogen and oxygen atoms in total. The quantitative estimate of drug-likeness (QED) is 0.499. The Morgan fingerprint density at radius 3 is 2.52 bits per heavy atom. The number of aromatic nitrogens is 3. The van der Waals surface area contributed by atoms with Crippen LogP contribution in [-0.4, -0.2) is 14.0 Å². The van der Waals surface area contributed by atoms with E-state index in [1.807, 2.05) is 0 Å². The molecule has 3 heterocycles. The molecule has 0 amide bonds. The number of halogens is 1. The third-order valence-corrected chi connectivity index (χ3v) is 3.89. The van der Waals surface area contributed by atoms with E-state index in [1.165, 1.54) is 34.7 Å². The van der Waals surface area contributed by atoms with Crippen molar-refractivity contribution < 1.29 is 4.39 Å². The van der Waals surface area contributed by atoms with E-state index in [-0.39, 0.29) is 16.6 Å². The number of nitriles is 1. The topological polar surface area (TPSA) is 80.2 Å². The van der Waals surface area contributed by atoms with Gasteiger partial charge in [0.1, 0.15) is 23.1 Å². The lowest BCUT2D eigenvalue weighted by atomic mass is 10.2. The first kappa shape index (κ1) is 14.8. The fraction of sp³-hybridized carbons (Fsp3) is 0. The minimum absolute atomic E-state index is 0.117. The van der Waals surface area contributed by atoms with Gasteiger partial charge in [0, 0.05) is 6.20 Å². The van der Waals surface area contributed by atoms with Gasteiger partial charge in [-0.3, -0.25) is 18.6 Å². The molecule has 0 aliphatic rings. The molecule has 25 heavy (non-hydrogen) atoms. The smallest absolute Gasteiger partial charge is 0.268 e. The first-order valence-corrected chi connectivity index (χ1v) is 7.33. The highest BCUT2D eigenvalue weighted by atomic mass is 19.1. The first-order chi connectivity index (χ1) is 12.1. The Hall–Kier alpha value is -3.79. The Balaban J connectivity index is 2.26. The Morgan fingerprint density at radius 1 is 1.04 bits per heavy atom. The average molecular weight is 332 g/mol. The van der Waals surface area contributed by atoms with Gasteiger partial charge in [-0.05, 0) is 42.5 Å². The number of hydrogen-bond donors (Lipinski definition) is 0. The molecule has 1 aromatic carbocycles. The molecular formula is C18H9FN4O2. The molecule has 0 unspecified atom stereocenters. The minimum atomic E-state index is -0.617. The lowest BCUT2D eigenvalue weighted by Crippen LogP contribution is -2.26. The van der Waals surface area contributed by atoms with Crippen LogP contribution in [0.25, 0.3) is 22.4 Å². The standard InChI is InChI=1S/C18H9FN4O2/c19-12-4-6-13(7-5-12)23-16-14(9-11(10-20)17(23)24)18(25)22-8-2-1-3-15(22)21-16/h1-9H. The minimum Gasteiger partial charge on any atom is -0.268 e. The third kappa shape index (κ3) is 2.20. The van der Waals surface area contributed by atoms with Crippen molar-refractivity contribution in [2.45, 2.75) is 0 Å². The molecule has 120 valence electrons. The van der Waals surface area contributed by atoms with Crippen molar-refractivity contribution in [2.24, 2.45) is 0 Å². The molecule has 0 saturated heterocycles. The number of rotatable bonds is 1. The fourth-order valence-corrected chi connectivity index (χ4v) is 2.72. The average Bonchev–Trinajstić information content (AvgIpc) is 2.63. The summed E-state index contributed by atoms with van der Waals surface area (Å²) in [5, 5.41) is 9.37. The van der Waals surface area contributed by atoms with Gasteiger partial charge < -0.3 is 0 Å². The highest BCUT2D eigenvalue weighted by molar-refractivity contribution is 5.79. The summed E-state index contributed by atoms with van der Waals surface area (Å²) in [6.07, 6.45) is 1.56. The van der Waals surface area contributed by atoms with Gasteiger partial charge in [-0.2, -0.15) is 5.26 Å². The molecule has 0 bridgehead atoms. The highest BCUT2D eigenvalue weighted by Crippen LogP contribution is 2.15. The molecular weight excluding hydrogens is 323 g/mol. The van der Waals surface area contributed by atoms with Crippen LogP contribution in [0.2, 0.25) is 0 Å². The van der Waals surface area contributed by atoms with Crippen molar-refractivity contribution >= 4 is 16.7 Å². The van der Waals surface area contributed by atoms with Crippen LogP contribution in [0.15, 0.2) is 64.3 Å². The summed E-state index contributed by atoms with van der Waals surface area (Å²) in [6.45, 7) is 0. The molecule has 3 aromatic heterocycles. The third-order valence-electron chi connectivity index (χ3n) is 3.89. The van der Waals surface area contributed by atoms with Gasteiger partial charge in [0.25, 0.3) is 11.1 Å². The summed E-state index contributed by atoms with van der Waals surface area (Å²) in [6, 6.07) is 13.3. The van der Waals surface area contributed by atoms with Crippen LogP contribution in [0.5, 0.6) is 0 Å². The molecule has 0 atom stereocenters. The summed E-state index contributed by atoms with van der Waals surface area (Å²) < 4.78 is 15.7. The highest BCUT2D eigenvalue weighted by Gasteiger charge is 2.16. The van der Waals surface area contributed by atoms with Crippen LogP contribution in [0.3, 0.4) is 0 Å². The summed E-state index contributed by atoms with van der Waals surface area (Å²) in [5.74, 6) is -0.462. The van der Waals surface area contributed by atoms with Crippen molar-refractivity contribution in [3.05, 3.63) is 86.8 Å². The van der Waals surface area contributed by atoms with Crippen molar-refractivity contribution in [2.75, 3.05) is 0 Å². The first-order valence-electron chi connectivity index (χ1n) is 7.33. The molecule has 0 fully saturated rings. The molecule has 0 radical (unpaired) electrons. The van der Waals surface area contributed by atoms with Crippen molar-refractivity contribution in [1.29, 1.82) is 5.26 Å². The van der Waals surface area contributed by atoms with E-state index in [4.69, 9.17) is 0 Å². The second-order valence-corrected chi connectivity index (χ2v) is 5.37. The number of hydrogen-bond acceptors (Lipinski definition) is 4. The van der Waals surface area contributed by atoms with Gasteiger partial charge in [-0.25, -0.2) is 9.37 Å². The molecule has 0 aliphatic carbocycles. The zero-order valence-electron chi connectivity index (χ0n) is 12.7. The predicted molar refractivity (Wildman–Crippen MR) is 89.2 cm³/mol. The lowest BCUT2D eigenvalue weighted by molar-refractivity contribution is 0.627. The second-order valence-electron chi connectivity index (χ2n) is 5.37. The predicted octanol–water partition coefficient (Wildman–Crippen LogP) is 2.01. The van der Waals surface area contributed by atoms with E-state index in [2.05, 4.69) is 4.98 Å². The summed E-state index contributed by atoms with van der Waals surface area (Å²) in [4.78, 5) is 29.8. The zero-order chi connectivity index (χ0) is 17.6. The van der Waals surface area contributed by atoms with E-state index in [9.17, 15) is 19.2 Å². The van der Waals surface area contributed by atoms with Gasteiger partial charge in [0.15, 0.2) is 5.65 Å². The molecule has 0 N–H and O–H groups in total. The van der Waals surface area contributed by atoms with E-state index in [1.54, 1.807) is 30.5 Å². The van der Waals surface area contributed by atoms with Gasteiger partial charge in [-0.15, -0.1) is 0 Å². The van der Waals surface area contributed by atoms with Crippen LogP contribution in [-0.2, 0) is 0 Å².